The molecule has 53 heavy (non-hydrogen) atoms. The first-order valence-corrected chi connectivity index (χ1v) is 16.4. The van der Waals surface area contributed by atoms with Gasteiger partial charge < -0.3 is 40.6 Å². The summed E-state index contributed by atoms with van der Waals surface area (Å²) in [5.41, 5.74) is 7.90. The predicted molar refractivity (Wildman–Crippen MR) is 192 cm³/mol. The molecule has 0 fully saturated rings. The fourth-order valence-electron chi connectivity index (χ4n) is 3.07. The molecular formula is C32H60CuN8O12. The van der Waals surface area contributed by atoms with Crippen LogP contribution in [0.5, 0.6) is 0 Å². The number of carboxylic acid groups (broad SMARTS) is 2. The molecule has 10 N–H and O–H groups in total. The van der Waals surface area contributed by atoms with Gasteiger partial charge in [0, 0.05) is 30.2 Å². The summed E-state index contributed by atoms with van der Waals surface area (Å²) in [7, 11) is 0. The normalized spacial score (nSPS) is 12.3. The number of nitrogens with two attached hydrogens (primary N) is 2. The van der Waals surface area contributed by atoms with Crippen molar-refractivity contribution in [3.8, 4) is 0 Å². The Morgan fingerprint density at radius 1 is 0.509 bits per heavy atom. The molecule has 0 heterocycles. The molecule has 1 radical (unpaired) electrons. The second-order valence-electron chi connectivity index (χ2n) is 15.1. The van der Waals surface area contributed by atoms with Gasteiger partial charge in [0.1, 0.15) is 34.5 Å². The Kier molecular flexibility index (Phi) is 24.3. The number of nitrogens with zero attached hydrogens (tertiary/aromatic N) is 2. The predicted octanol–water partition coefficient (Wildman–Crippen LogP) is 3.17. The van der Waals surface area contributed by atoms with Crippen LogP contribution in [0.2, 0.25) is 0 Å². The molecule has 0 aliphatic carbocycles. The van der Waals surface area contributed by atoms with E-state index >= 15 is 0 Å². The number of hydrogen-bond donors (Lipinski definition) is 8. The Morgan fingerprint density at radius 2 is 0.717 bits per heavy atom. The van der Waals surface area contributed by atoms with Crippen molar-refractivity contribution in [3.63, 3.8) is 0 Å². The van der Waals surface area contributed by atoms with Crippen molar-refractivity contribution in [1.29, 1.82) is 0 Å². The van der Waals surface area contributed by atoms with Crippen molar-refractivity contribution in [2.45, 2.75) is 143 Å². The van der Waals surface area contributed by atoms with Gasteiger partial charge in [0.2, 0.25) is 11.9 Å². The Hall–Kier alpha value is -4.20. The summed E-state index contributed by atoms with van der Waals surface area (Å²) in [5, 5.41) is 26.8. The second-order valence-corrected chi connectivity index (χ2v) is 15.1. The zero-order chi connectivity index (χ0) is 41.1. The number of aliphatic imine (C=N–C) groups is 2. The summed E-state index contributed by atoms with van der Waals surface area (Å²) < 4.78 is 20.4. The van der Waals surface area contributed by atoms with Crippen LogP contribution in [-0.2, 0) is 45.6 Å². The molecule has 311 valence electrons. The van der Waals surface area contributed by atoms with E-state index in [1.165, 1.54) is 0 Å². The van der Waals surface area contributed by atoms with Gasteiger partial charge in [0.15, 0.2) is 0 Å². The summed E-state index contributed by atoms with van der Waals surface area (Å²) >= 11 is 0. The van der Waals surface area contributed by atoms with Crippen LogP contribution < -0.4 is 32.7 Å². The SMILES string of the molecule is CC(C)(C)OC(=O)NC(=NCCC[C@H](N)C(=O)O)NC(=O)OC(C)(C)C.CC(C)(C)OC(=O)NC(=NCCC[C@H](N)C(=O)O)NC(=O)OC(C)(C)C.[Cu]. The first-order valence-electron chi connectivity index (χ1n) is 16.4. The number of amides is 4. The third-order valence-electron chi connectivity index (χ3n) is 5.00. The van der Waals surface area contributed by atoms with Gasteiger partial charge in [0.05, 0.1) is 0 Å². The molecule has 0 aliphatic rings. The first-order chi connectivity index (χ1) is 23.4. The summed E-state index contributed by atoms with van der Waals surface area (Å²) in [6.45, 7) is 20.6. The van der Waals surface area contributed by atoms with Gasteiger partial charge in [0.25, 0.3) is 0 Å². The van der Waals surface area contributed by atoms with Gasteiger partial charge in [-0.2, -0.15) is 0 Å². The summed E-state index contributed by atoms with van der Waals surface area (Å²) in [5.74, 6) is -2.52. The maximum Gasteiger partial charge on any atom is 0.414 e. The smallest absolute Gasteiger partial charge is 0.414 e. The van der Waals surface area contributed by atoms with Crippen LogP contribution in [0, 0.1) is 0 Å². The van der Waals surface area contributed by atoms with Crippen LogP contribution in [0.4, 0.5) is 19.2 Å². The van der Waals surface area contributed by atoms with E-state index in [1.807, 2.05) is 0 Å². The van der Waals surface area contributed by atoms with Gasteiger partial charge in [-0.3, -0.25) is 40.8 Å². The quantitative estimate of drug-likeness (QED) is 0.0517. The number of carbonyl (C=O) groups excluding carboxylic acids is 4. The molecule has 0 saturated carbocycles. The van der Waals surface area contributed by atoms with Crippen LogP contribution in [0.3, 0.4) is 0 Å². The van der Waals surface area contributed by atoms with Crippen LogP contribution in [-0.4, -0.2) is 106 Å². The van der Waals surface area contributed by atoms with Gasteiger partial charge in [-0.05, 0) is 109 Å². The van der Waals surface area contributed by atoms with E-state index in [1.54, 1.807) is 83.1 Å². The zero-order valence-electron chi connectivity index (χ0n) is 32.7. The molecule has 0 bridgehead atoms. The van der Waals surface area contributed by atoms with E-state index in [0.29, 0.717) is 12.8 Å². The molecule has 4 amide bonds. The topological polar surface area (TPSA) is 305 Å². The average Bonchev–Trinajstić information content (AvgIpc) is 2.88. The van der Waals surface area contributed by atoms with E-state index in [4.69, 9.17) is 40.6 Å². The molecule has 0 aliphatic heterocycles. The van der Waals surface area contributed by atoms with Gasteiger partial charge in [-0.25, -0.2) is 19.2 Å². The minimum absolute atomic E-state index is 0. The maximum absolute atomic E-state index is 11.9. The average molecular weight is 812 g/mol. The number of aliphatic carboxylic acids is 2. The molecule has 0 rings (SSSR count). The fourth-order valence-corrected chi connectivity index (χ4v) is 3.07. The summed E-state index contributed by atoms with van der Waals surface area (Å²) in [4.78, 5) is 76.9. The standard InChI is InChI=1S/2C16H30N4O6.Cu/c2*1-15(2,3)25-13(23)19-12(20-14(24)26-16(4,5)6)18-9-7-8-10(17)11(21)22;/h2*10H,7-9,17H2,1-6H3,(H,21,22)(H2,18,19,20,23,24);/t2*10-;/m00./s1. The number of rotatable bonds is 10. The van der Waals surface area contributed by atoms with Crippen LogP contribution in [0.25, 0.3) is 0 Å². The third kappa shape index (κ3) is 34.6. The van der Waals surface area contributed by atoms with E-state index in [9.17, 15) is 28.8 Å². The molecule has 0 aromatic heterocycles. The minimum Gasteiger partial charge on any atom is -0.480 e. The van der Waals surface area contributed by atoms with Crippen LogP contribution in [0.15, 0.2) is 9.98 Å². The van der Waals surface area contributed by atoms with Crippen molar-refractivity contribution in [1.82, 2.24) is 21.3 Å². The van der Waals surface area contributed by atoms with E-state index in [0.717, 1.165) is 0 Å². The monoisotopic (exact) mass is 811 g/mol. The van der Waals surface area contributed by atoms with E-state index < -0.39 is 70.8 Å². The molecule has 0 unspecified atom stereocenters. The van der Waals surface area contributed by atoms with Crippen molar-refractivity contribution in [2.24, 2.45) is 21.5 Å². The molecule has 0 aromatic carbocycles. The Bertz CT molecular complexity index is 1110. The number of ether oxygens (including phenoxy) is 4. The number of nitrogens with one attached hydrogen (secondary N) is 4. The maximum atomic E-state index is 11.9. The third-order valence-corrected chi connectivity index (χ3v) is 5.00. The van der Waals surface area contributed by atoms with E-state index in [-0.39, 0.29) is 54.9 Å². The zero-order valence-corrected chi connectivity index (χ0v) is 33.7. The molecule has 0 aromatic rings. The number of carbonyl (C=O) groups is 6. The van der Waals surface area contributed by atoms with Crippen LogP contribution >= 0.6 is 0 Å². The fraction of sp³-hybridized carbons (Fsp3) is 0.750. The Balaban J connectivity index is -0.000000926. The molecule has 2 atom stereocenters. The van der Waals surface area contributed by atoms with Gasteiger partial charge in [-0.15, -0.1) is 0 Å². The van der Waals surface area contributed by atoms with Crippen molar-refractivity contribution >= 4 is 48.2 Å². The Morgan fingerprint density at radius 3 is 0.887 bits per heavy atom. The van der Waals surface area contributed by atoms with Crippen LogP contribution in [0.1, 0.15) is 109 Å². The van der Waals surface area contributed by atoms with Gasteiger partial charge >= 0.3 is 36.3 Å². The largest absolute Gasteiger partial charge is 0.480 e. The molecule has 20 nitrogen and oxygen atoms in total. The van der Waals surface area contributed by atoms with Crippen molar-refractivity contribution in [3.05, 3.63) is 0 Å². The minimum atomic E-state index is -1.10. The van der Waals surface area contributed by atoms with E-state index in [2.05, 4.69) is 31.3 Å². The Labute approximate surface area is 321 Å². The molecule has 0 spiro atoms. The molecule has 21 heteroatoms. The summed E-state index contributed by atoms with van der Waals surface area (Å²) in [6.07, 6.45) is -2.09. The summed E-state index contributed by atoms with van der Waals surface area (Å²) in [6, 6.07) is -1.99. The van der Waals surface area contributed by atoms with Crippen molar-refractivity contribution < 1.29 is 75.0 Å². The molecular weight excluding hydrogens is 752 g/mol. The van der Waals surface area contributed by atoms with Crippen molar-refractivity contribution in [2.75, 3.05) is 13.1 Å². The number of alkyl carbamates (subject to hydrolysis) is 4. The number of guanidine groups is 2. The van der Waals surface area contributed by atoms with Gasteiger partial charge in [-0.1, -0.05) is 0 Å². The number of carboxylic acids is 2. The molecule has 0 saturated heterocycles. The second kappa shape index (κ2) is 24.2. The first kappa shape index (κ1) is 53.2. The number of hydrogen-bond acceptors (Lipinski definition) is 14.